The SMILES string of the molecule is CNc1c2c(nc3c(Br)ccc(F)c13)CCCCC2. The molecule has 2 aromatic rings. The second-order valence-corrected chi connectivity index (χ2v) is 5.83. The van der Waals surface area contributed by atoms with Gasteiger partial charge < -0.3 is 5.32 Å². The molecule has 3 rings (SSSR count). The number of hydrogen-bond acceptors (Lipinski definition) is 2. The topological polar surface area (TPSA) is 24.9 Å². The Kier molecular flexibility index (Phi) is 3.44. The average Bonchev–Trinajstić information content (AvgIpc) is 2.66. The predicted octanol–water partition coefficient (Wildman–Crippen LogP) is 4.45. The van der Waals surface area contributed by atoms with Crippen molar-refractivity contribution in [3.05, 3.63) is 33.7 Å². The van der Waals surface area contributed by atoms with Crippen molar-refractivity contribution in [1.29, 1.82) is 0 Å². The van der Waals surface area contributed by atoms with Gasteiger partial charge in [-0.2, -0.15) is 0 Å². The fraction of sp³-hybridized carbons (Fsp3) is 0.400. The molecule has 1 aromatic heterocycles. The van der Waals surface area contributed by atoms with Crippen LogP contribution in [0.2, 0.25) is 0 Å². The van der Waals surface area contributed by atoms with Crippen LogP contribution in [0.15, 0.2) is 16.6 Å². The molecule has 1 aromatic carbocycles. The number of halogens is 2. The molecule has 1 aliphatic carbocycles. The van der Waals surface area contributed by atoms with Crippen LogP contribution in [0.5, 0.6) is 0 Å². The van der Waals surface area contributed by atoms with Gasteiger partial charge in [-0.25, -0.2) is 4.39 Å². The van der Waals surface area contributed by atoms with Gasteiger partial charge in [-0.05, 0) is 59.3 Å². The van der Waals surface area contributed by atoms with E-state index in [0.717, 1.165) is 40.6 Å². The summed E-state index contributed by atoms with van der Waals surface area (Å²) in [4.78, 5) is 4.72. The van der Waals surface area contributed by atoms with Crippen LogP contribution < -0.4 is 5.32 Å². The summed E-state index contributed by atoms with van der Waals surface area (Å²) in [5, 5.41) is 3.80. The van der Waals surface area contributed by atoms with E-state index in [-0.39, 0.29) is 5.82 Å². The lowest BCUT2D eigenvalue weighted by Crippen LogP contribution is -2.05. The lowest BCUT2D eigenvalue weighted by atomic mass is 10.0. The molecule has 2 nitrogen and oxygen atoms in total. The lowest BCUT2D eigenvalue weighted by Gasteiger charge is -2.16. The number of fused-ring (bicyclic) bond motifs is 2. The van der Waals surface area contributed by atoms with Gasteiger partial charge in [0, 0.05) is 17.2 Å². The number of aryl methyl sites for hydroxylation is 1. The van der Waals surface area contributed by atoms with E-state index in [1.165, 1.54) is 24.5 Å². The molecule has 1 aliphatic rings. The van der Waals surface area contributed by atoms with Gasteiger partial charge >= 0.3 is 0 Å². The van der Waals surface area contributed by atoms with E-state index in [1.807, 2.05) is 7.05 Å². The molecule has 0 saturated carbocycles. The van der Waals surface area contributed by atoms with Crippen molar-refractivity contribution < 1.29 is 4.39 Å². The number of nitrogens with one attached hydrogen (secondary N) is 1. The van der Waals surface area contributed by atoms with Gasteiger partial charge in [-0.1, -0.05) is 6.42 Å². The molecule has 4 heteroatoms. The van der Waals surface area contributed by atoms with E-state index >= 15 is 0 Å². The first-order chi connectivity index (χ1) is 9.22. The van der Waals surface area contributed by atoms with Gasteiger partial charge in [0.15, 0.2) is 0 Å². The standard InChI is InChI=1S/C15H16BrFN2/c1-18-14-9-5-3-2-4-6-12(9)19-15-10(16)7-8-11(17)13(14)15/h7-8H,2-6H2,1H3,(H,18,19). The first kappa shape index (κ1) is 12.9. The highest BCUT2D eigenvalue weighted by Crippen LogP contribution is 2.36. The molecule has 0 bridgehead atoms. The van der Waals surface area contributed by atoms with Gasteiger partial charge in [0.25, 0.3) is 0 Å². The van der Waals surface area contributed by atoms with Crippen molar-refractivity contribution in [2.24, 2.45) is 0 Å². The van der Waals surface area contributed by atoms with Crippen molar-refractivity contribution in [1.82, 2.24) is 4.98 Å². The molecule has 0 radical (unpaired) electrons. The van der Waals surface area contributed by atoms with E-state index in [9.17, 15) is 4.39 Å². The second kappa shape index (κ2) is 5.08. The Hall–Kier alpha value is -1.16. The molecule has 0 aliphatic heterocycles. The van der Waals surface area contributed by atoms with E-state index < -0.39 is 0 Å². The third-order valence-electron chi connectivity index (χ3n) is 3.82. The summed E-state index contributed by atoms with van der Waals surface area (Å²) < 4.78 is 15.0. The average molecular weight is 323 g/mol. The van der Waals surface area contributed by atoms with Crippen LogP contribution in [0, 0.1) is 5.82 Å². The Labute approximate surface area is 120 Å². The number of rotatable bonds is 1. The van der Waals surface area contributed by atoms with Gasteiger partial charge in [0.2, 0.25) is 0 Å². The Morgan fingerprint density at radius 1 is 1.21 bits per heavy atom. The molecule has 0 fully saturated rings. The largest absolute Gasteiger partial charge is 0.387 e. The predicted molar refractivity (Wildman–Crippen MR) is 80.2 cm³/mol. The van der Waals surface area contributed by atoms with Crippen LogP contribution >= 0.6 is 15.9 Å². The molecule has 1 N–H and O–H groups in total. The molecule has 0 saturated heterocycles. The Balaban J connectivity index is 2.39. The van der Waals surface area contributed by atoms with E-state index in [0.29, 0.717) is 5.39 Å². The van der Waals surface area contributed by atoms with Crippen LogP contribution in [-0.4, -0.2) is 12.0 Å². The highest BCUT2D eigenvalue weighted by Gasteiger charge is 2.19. The van der Waals surface area contributed by atoms with Crippen LogP contribution in [0.3, 0.4) is 0 Å². The lowest BCUT2D eigenvalue weighted by molar-refractivity contribution is 0.639. The first-order valence-corrected chi connectivity index (χ1v) is 7.49. The van der Waals surface area contributed by atoms with Crippen molar-refractivity contribution in [2.45, 2.75) is 32.1 Å². The maximum Gasteiger partial charge on any atom is 0.134 e. The molecule has 19 heavy (non-hydrogen) atoms. The Morgan fingerprint density at radius 2 is 2.00 bits per heavy atom. The number of aromatic nitrogens is 1. The van der Waals surface area contributed by atoms with Gasteiger partial charge in [0.05, 0.1) is 16.6 Å². The fourth-order valence-corrected chi connectivity index (χ4v) is 3.33. The van der Waals surface area contributed by atoms with Gasteiger partial charge in [-0.15, -0.1) is 0 Å². The minimum absolute atomic E-state index is 0.206. The highest BCUT2D eigenvalue weighted by molar-refractivity contribution is 9.10. The summed E-state index contributed by atoms with van der Waals surface area (Å²) in [6, 6.07) is 3.23. The third kappa shape index (κ3) is 2.12. The molecule has 100 valence electrons. The normalized spacial score (nSPS) is 15.1. The van der Waals surface area contributed by atoms with Crippen molar-refractivity contribution in [3.8, 4) is 0 Å². The van der Waals surface area contributed by atoms with Crippen LogP contribution in [-0.2, 0) is 12.8 Å². The zero-order valence-corrected chi connectivity index (χ0v) is 12.5. The Bertz CT molecular complexity index is 640. The molecular weight excluding hydrogens is 307 g/mol. The fourth-order valence-electron chi connectivity index (χ4n) is 2.91. The maximum atomic E-state index is 14.2. The zero-order valence-electron chi connectivity index (χ0n) is 10.9. The molecule has 0 amide bonds. The van der Waals surface area contributed by atoms with Crippen LogP contribution in [0.1, 0.15) is 30.5 Å². The van der Waals surface area contributed by atoms with E-state index in [4.69, 9.17) is 4.98 Å². The monoisotopic (exact) mass is 322 g/mol. The van der Waals surface area contributed by atoms with Crippen molar-refractivity contribution >= 4 is 32.5 Å². The number of nitrogens with zero attached hydrogens (tertiary/aromatic N) is 1. The molecule has 1 heterocycles. The summed E-state index contributed by atoms with van der Waals surface area (Å²) in [5.41, 5.74) is 3.97. The minimum atomic E-state index is -0.206. The van der Waals surface area contributed by atoms with Gasteiger partial charge in [0.1, 0.15) is 5.82 Å². The van der Waals surface area contributed by atoms with Crippen molar-refractivity contribution in [3.63, 3.8) is 0 Å². The number of benzene rings is 1. The van der Waals surface area contributed by atoms with Crippen LogP contribution in [0.25, 0.3) is 10.9 Å². The molecule has 0 unspecified atom stereocenters. The number of anilines is 1. The number of pyridine rings is 1. The summed E-state index contributed by atoms with van der Waals surface area (Å²) in [6.45, 7) is 0. The maximum absolute atomic E-state index is 14.2. The zero-order chi connectivity index (χ0) is 13.4. The van der Waals surface area contributed by atoms with Gasteiger partial charge in [-0.3, -0.25) is 4.98 Å². The summed E-state index contributed by atoms with van der Waals surface area (Å²) in [6.07, 6.45) is 5.52. The second-order valence-electron chi connectivity index (χ2n) is 4.98. The molecule has 0 atom stereocenters. The highest BCUT2D eigenvalue weighted by atomic mass is 79.9. The van der Waals surface area contributed by atoms with Crippen LogP contribution in [0.4, 0.5) is 10.1 Å². The summed E-state index contributed by atoms with van der Waals surface area (Å²) >= 11 is 3.48. The summed E-state index contributed by atoms with van der Waals surface area (Å²) in [5.74, 6) is -0.206. The molecule has 0 spiro atoms. The quantitative estimate of drug-likeness (QED) is 0.785. The Morgan fingerprint density at radius 3 is 2.79 bits per heavy atom. The van der Waals surface area contributed by atoms with Crippen molar-refractivity contribution in [2.75, 3.05) is 12.4 Å². The number of hydrogen-bond donors (Lipinski definition) is 1. The first-order valence-electron chi connectivity index (χ1n) is 6.69. The smallest absolute Gasteiger partial charge is 0.134 e. The van der Waals surface area contributed by atoms with E-state index in [1.54, 1.807) is 6.07 Å². The summed E-state index contributed by atoms with van der Waals surface area (Å²) in [7, 11) is 1.86. The van der Waals surface area contributed by atoms with E-state index in [2.05, 4.69) is 21.2 Å². The molecular formula is C15H16BrFN2. The minimum Gasteiger partial charge on any atom is -0.387 e. The third-order valence-corrected chi connectivity index (χ3v) is 4.45.